The lowest BCUT2D eigenvalue weighted by molar-refractivity contribution is 0.0204. The molecule has 1 fully saturated rings. The molecular formula is C19H29NO4. The Kier molecular flexibility index (Phi) is 6.10. The van der Waals surface area contributed by atoms with Crippen molar-refractivity contribution in [1.29, 1.82) is 0 Å². The number of likely N-dealkylation sites (tertiary alicyclic amines) is 1. The van der Waals surface area contributed by atoms with E-state index >= 15 is 0 Å². The molecule has 0 aromatic heterocycles. The number of aliphatic hydroxyl groups is 1. The van der Waals surface area contributed by atoms with Crippen LogP contribution in [-0.4, -0.2) is 48.5 Å². The lowest BCUT2D eigenvalue weighted by Gasteiger charge is -2.34. The van der Waals surface area contributed by atoms with Crippen LogP contribution in [0.25, 0.3) is 0 Å². The number of aliphatic hydroxyl groups excluding tert-OH is 1. The van der Waals surface area contributed by atoms with E-state index in [4.69, 9.17) is 9.47 Å². The van der Waals surface area contributed by atoms with E-state index in [1.807, 2.05) is 32.9 Å². The van der Waals surface area contributed by atoms with Crippen molar-refractivity contribution in [1.82, 2.24) is 4.90 Å². The quantitative estimate of drug-likeness (QED) is 0.917. The first-order chi connectivity index (χ1) is 11.3. The van der Waals surface area contributed by atoms with Gasteiger partial charge in [0.15, 0.2) is 0 Å². The van der Waals surface area contributed by atoms with Gasteiger partial charge in [-0.15, -0.1) is 0 Å². The van der Waals surface area contributed by atoms with Crippen molar-refractivity contribution in [2.45, 2.75) is 51.6 Å². The summed E-state index contributed by atoms with van der Waals surface area (Å²) in [6.45, 7) is 7.17. The second-order valence-electron chi connectivity index (χ2n) is 7.28. The van der Waals surface area contributed by atoms with Crippen molar-refractivity contribution in [3.8, 4) is 5.75 Å². The Bertz CT molecular complexity index is 557. The van der Waals surface area contributed by atoms with Crippen LogP contribution < -0.4 is 4.74 Å². The highest BCUT2D eigenvalue weighted by Gasteiger charge is 2.28. The molecule has 5 heteroatoms. The third-order valence-electron chi connectivity index (χ3n) is 4.32. The van der Waals surface area contributed by atoms with Crippen molar-refractivity contribution in [3.63, 3.8) is 0 Å². The number of ether oxygens (including phenoxy) is 2. The predicted molar refractivity (Wildman–Crippen MR) is 93.6 cm³/mol. The highest BCUT2D eigenvalue weighted by molar-refractivity contribution is 5.68. The molecule has 2 rings (SSSR count). The SMILES string of the molecule is COc1ccc(C2CCN(C(=O)OC(C)(C)C)CC2)c(CCO)c1. The van der Waals surface area contributed by atoms with Crippen LogP contribution in [-0.2, 0) is 11.2 Å². The van der Waals surface area contributed by atoms with Crippen molar-refractivity contribution in [2.75, 3.05) is 26.8 Å². The van der Waals surface area contributed by atoms with Gasteiger partial charge in [-0.25, -0.2) is 4.79 Å². The average Bonchev–Trinajstić information content (AvgIpc) is 2.53. The fourth-order valence-electron chi connectivity index (χ4n) is 3.14. The van der Waals surface area contributed by atoms with E-state index in [0.717, 1.165) is 24.2 Å². The highest BCUT2D eigenvalue weighted by Crippen LogP contribution is 2.33. The molecule has 1 N–H and O–H groups in total. The summed E-state index contributed by atoms with van der Waals surface area (Å²) in [5, 5.41) is 9.32. The molecule has 1 amide bonds. The second-order valence-corrected chi connectivity index (χ2v) is 7.28. The van der Waals surface area contributed by atoms with Gasteiger partial charge in [0.25, 0.3) is 0 Å². The molecule has 1 aromatic rings. The van der Waals surface area contributed by atoms with Gasteiger partial charge in [-0.3, -0.25) is 0 Å². The monoisotopic (exact) mass is 335 g/mol. The summed E-state index contributed by atoms with van der Waals surface area (Å²) in [5.74, 6) is 1.21. The van der Waals surface area contributed by atoms with Gasteiger partial charge in [0, 0.05) is 19.7 Å². The fourth-order valence-corrected chi connectivity index (χ4v) is 3.14. The zero-order valence-electron chi connectivity index (χ0n) is 15.2. The third-order valence-corrected chi connectivity index (χ3v) is 4.32. The largest absolute Gasteiger partial charge is 0.497 e. The van der Waals surface area contributed by atoms with Gasteiger partial charge in [-0.05, 0) is 69.2 Å². The van der Waals surface area contributed by atoms with Crippen LogP contribution in [0, 0.1) is 0 Å². The number of carbonyl (C=O) groups excluding carboxylic acids is 1. The van der Waals surface area contributed by atoms with Crippen molar-refractivity contribution in [3.05, 3.63) is 29.3 Å². The minimum Gasteiger partial charge on any atom is -0.497 e. The summed E-state index contributed by atoms with van der Waals surface area (Å²) in [4.78, 5) is 14.0. The van der Waals surface area contributed by atoms with Gasteiger partial charge in [0.2, 0.25) is 0 Å². The molecule has 0 radical (unpaired) electrons. The van der Waals surface area contributed by atoms with Gasteiger partial charge in [-0.1, -0.05) is 6.07 Å². The van der Waals surface area contributed by atoms with E-state index in [-0.39, 0.29) is 12.7 Å². The molecule has 0 bridgehead atoms. The average molecular weight is 335 g/mol. The Labute approximate surface area is 144 Å². The third kappa shape index (κ3) is 4.87. The molecule has 0 unspecified atom stereocenters. The number of amides is 1. The molecule has 0 saturated carbocycles. The molecule has 134 valence electrons. The standard InChI is InChI=1S/C19H29NO4/c1-19(2,3)24-18(22)20-10-7-14(8-11-20)17-6-5-16(23-4)13-15(17)9-12-21/h5-6,13-14,21H,7-12H2,1-4H3. The van der Waals surface area contributed by atoms with Crippen LogP contribution in [0.15, 0.2) is 18.2 Å². The smallest absolute Gasteiger partial charge is 0.410 e. The Morgan fingerprint density at radius 1 is 1.29 bits per heavy atom. The van der Waals surface area contributed by atoms with Gasteiger partial charge >= 0.3 is 6.09 Å². The molecule has 1 aromatic carbocycles. The summed E-state index contributed by atoms with van der Waals surface area (Å²) in [5.41, 5.74) is 1.93. The number of hydrogen-bond donors (Lipinski definition) is 1. The molecule has 5 nitrogen and oxygen atoms in total. The van der Waals surface area contributed by atoms with Crippen molar-refractivity contribution < 1.29 is 19.4 Å². The second kappa shape index (κ2) is 7.88. The number of piperidine rings is 1. The molecule has 1 heterocycles. The summed E-state index contributed by atoms with van der Waals surface area (Å²) in [6, 6.07) is 6.07. The van der Waals surface area contributed by atoms with Crippen LogP contribution in [0.2, 0.25) is 0 Å². The molecule has 24 heavy (non-hydrogen) atoms. The minimum absolute atomic E-state index is 0.122. The Morgan fingerprint density at radius 2 is 1.96 bits per heavy atom. The molecule has 1 aliphatic heterocycles. The zero-order chi connectivity index (χ0) is 17.7. The highest BCUT2D eigenvalue weighted by atomic mass is 16.6. The normalized spacial score (nSPS) is 16.1. The van der Waals surface area contributed by atoms with Crippen molar-refractivity contribution >= 4 is 6.09 Å². The van der Waals surface area contributed by atoms with Crippen LogP contribution in [0.3, 0.4) is 0 Å². The first-order valence-corrected chi connectivity index (χ1v) is 8.59. The van der Waals surface area contributed by atoms with Crippen LogP contribution in [0.4, 0.5) is 4.79 Å². The maximum atomic E-state index is 12.2. The lowest BCUT2D eigenvalue weighted by Crippen LogP contribution is -2.41. The fraction of sp³-hybridized carbons (Fsp3) is 0.632. The number of nitrogens with zero attached hydrogens (tertiary/aromatic N) is 1. The zero-order valence-corrected chi connectivity index (χ0v) is 15.2. The summed E-state index contributed by atoms with van der Waals surface area (Å²) >= 11 is 0. The van der Waals surface area contributed by atoms with E-state index < -0.39 is 5.60 Å². The Morgan fingerprint density at radius 3 is 2.50 bits per heavy atom. The van der Waals surface area contributed by atoms with Gasteiger partial charge in [-0.2, -0.15) is 0 Å². The van der Waals surface area contributed by atoms with Crippen molar-refractivity contribution in [2.24, 2.45) is 0 Å². The topological polar surface area (TPSA) is 59.0 Å². The molecule has 1 aliphatic rings. The lowest BCUT2D eigenvalue weighted by atomic mass is 9.85. The molecular weight excluding hydrogens is 306 g/mol. The first kappa shape index (κ1) is 18.6. The van der Waals surface area contributed by atoms with E-state index in [2.05, 4.69) is 6.07 Å². The number of benzene rings is 1. The molecule has 0 aliphatic carbocycles. The number of carbonyl (C=O) groups is 1. The number of rotatable bonds is 4. The van der Waals surface area contributed by atoms with E-state index in [9.17, 15) is 9.90 Å². The van der Waals surface area contributed by atoms with Gasteiger partial charge < -0.3 is 19.5 Å². The maximum Gasteiger partial charge on any atom is 0.410 e. The van der Waals surface area contributed by atoms with Gasteiger partial charge in [0.1, 0.15) is 11.4 Å². The number of methoxy groups -OCH3 is 1. The van der Waals surface area contributed by atoms with Crippen LogP contribution in [0.5, 0.6) is 5.75 Å². The molecule has 0 atom stereocenters. The minimum atomic E-state index is -0.460. The Hall–Kier alpha value is -1.75. The number of hydrogen-bond acceptors (Lipinski definition) is 4. The van der Waals surface area contributed by atoms with Gasteiger partial charge in [0.05, 0.1) is 7.11 Å². The van der Waals surface area contributed by atoms with E-state index in [1.54, 1.807) is 12.0 Å². The summed E-state index contributed by atoms with van der Waals surface area (Å²) < 4.78 is 10.7. The van der Waals surface area contributed by atoms with Crippen LogP contribution in [0.1, 0.15) is 50.7 Å². The predicted octanol–water partition coefficient (Wildman–Crippen LogP) is 3.34. The first-order valence-electron chi connectivity index (χ1n) is 8.59. The molecule has 1 saturated heterocycles. The summed E-state index contributed by atoms with van der Waals surface area (Å²) in [6.07, 6.45) is 2.21. The molecule has 0 spiro atoms. The van der Waals surface area contributed by atoms with E-state index in [0.29, 0.717) is 25.4 Å². The van der Waals surface area contributed by atoms with E-state index in [1.165, 1.54) is 5.56 Å². The summed E-state index contributed by atoms with van der Waals surface area (Å²) in [7, 11) is 1.65. The van der Waals surface area contributed by atoms with Crippen LogP contribution >= 0.6 is 0 Å². The maximum absolute atomic E-state index is 12.2. The Balaban J connectivity index is 2.03.